The average Bonchev–Trinajstić information content (AvgIpc) is 3.10. The summed E-state index contributed by atoms with van der Waals surface area (Å²) in [6.45, 7) is 4.60. The standard InChI is InChI=1S/C20H20N2O2/c1-15(2)22-20(10-11-21-22)19-9-8-18(12-17(19)13-23)24-14-16-6-4-3-5-7-16/h3-13,15H,14H2,1-2H3. The van der Waals surface area contributed by atoms with E-state index >= 15 is 0 Å². The van der Waals surface area contributed by atoms with Gasteiger partial charge in [0.05, 0.1) is 5.69 Å². The van der Waals surface area contributed by atoms with Crippen LogP contribution in [-0.2, 0) is 6.61 Å². The third-order valence-corrected chi connectivity index (χ3v) is 3.83. The molecule has 4 nitrogen and oxygen atoms in total. The smallest absolute Gasteiger partial charge is 0.150 e. The molecule has 0 aliphatic rings. The SMILES string of the molecule is CC(C)n1nccc1-c1ccc(OCc2ccccc2)cc1C=O. The van der Waals surface area contributed by atoms with Gasteiger partial charge in [0.1, 0.15) is 12.4 Å². The van der Waals surface area contributed by atoms with Crippen LogP contribution in [0.15, 0.2) is 60.8 Å². The molecule has 24 heavy (non-hydrogen) atoms. The summed E-state index contributed by atoms with van der Waals surface area (Å²) in [6.07, 6.45) is 2.62. The first-order valence-electron chi connectivity index (χ1n) is 7.99. The van der Waals surface area contributed by atoms with Gasteiger partial charge in [-0.15, -0.1) is 0 Å². The van der Waals surface area contributed by atoms with Crippen molar-refractivity contribution in [1.82, 2.24) is 9.78 Å². The molecule has 1 aromatic heterocycles. The lowest BCUT2D eigenvalue weighted by atomic mass is 10.0. The third kappa shape index (κ3) is 3.38. The number of carbonyl (C=O) groups excluding carboxylic acids is 1. The fourth-order valence-corrected chi connectivity index (χ4v) is 2.64. The Bertz CT molecular complexity index is 823. The molecule has 0 aliphatic carbocycles. The number of nitrogens with zero attached hydrogens (tertiary/aromatic N) is 2. The molecule has 0 atom stereocenters. The summed E-state index contributed by atoms with van der Waals surface area (Å²) in [6, 6.07) is 17.7. The maximum atomic E-state index is 11.5. The van der Waals surface area contributed by atoms with Crippen LogP contribution in [0.5, 0.6) is 5.75 Å². The second-order valence-corrected chi connectivity index (χ2v) is 5.90. The van der Waals surface area contributed by atoms with Gasteiger partial charge in [0.15, 0.2) is 6.29 Å². The predicted molar refractivity (Wildman–Crippen MR) is 94.2 cm³/mol. The van der Waals surface area contributed by atoms with Crippen molar-refractivity contribution in [2.24, 2.45) is 0 Å². The van der Waals surface area contributed by atoms with Gasteiger partial charge in [-0.25, -0.2) is 0 Å². The van der Waals surface area contributed by atoms with E-state index in [1.165, 1.54) is 0 Å². The van der Waals surface area contributed by atoms with Gasteiger partial charge in [-0.2, -0.15) is 5.10 Å². The first-order chi connectivity index (χ1) is 11.7. The molecular formula is C20H20N2O2. The normalized spacial score (nSPS) is 10.8. The van der Waals surface area contributed by atoms with Gasteiger partial charge in [0.2, 0.25) is 0 Å². The van der Waals surface area contributed by atoms with Crippen molar-refractivity contribution < 1.29 is 9.53 Å². The number of rotatable bonds is 6. The van der Waals surface area contributed by atoms with E-state index in [0.717, 1.165) is 23.1 Å². The van der Waals surface area contributed by atoms with E-state index in [4.69, 9.17) is 4.74 Å². The molecule has 4 heteroatoms. The molecule has 0 N–H and O–H groups in total. The molecule has 0 aliphatic heterocycles. The van der Waals surface area contributed by atoms with Crippen molar-refractivity contribution in [3.63, 3.8) is 0 Å². The number of ether oxygens (including phenoxy) is 1. The summed E-state index contributed by atoms with van der Waals surface area (Å²) >= 11 is 0. The van der Waals surface area contributed by atoms with Crippen molar-refractivity contribution in [2.45, 2.75) is 26.5 Å². The predicted octanol–water partition coefficient (Wildman–Crippen LogP) is 4.52. The van der Waals surface area contributed by atoms with Crippen molar-refractivity contribution in [3.05, 3.63) is 71.9 Å². The molecule has 0 spiro atoms. The average molecular weight is 320 g/mol. The van der Waals surface area contributed by atoms with E-state index in [2.05, 4.69) is 18.9 Å². The molecule has 0 saturated heterocycles. The summed E-state index contributed by atoms with van der Waals surface area (Å²) in [5.41, 5.74) is 3.49. The largest absolute Gasteiger partial charge is 0.489 e. The topological polar surface area (TPSA) is 44.1 Å². The van der Waals surface area contributed by atoms with Crippen LogP contribution in [0.25, 0.3) is 11.3 Å². The summed E-state index contributed by atoms with van der Waals surface area (Å²) in [4.78, 5) is 11.5. The highest BCUT2D eigenvalue weighted by molar-refractivity contribution is 5.87. The Kier molecular flexibility index (Phi) is 4.75. The molecule has 3 rings (SSSR count). The van der Waals surface area contributed by atoms with E-state index < -0.39 is 0 Å². The van der Waals surface area contributed by atoms with Crippen molar-refractivity contribution in [3.8, 4) is 17.0 Å². The van der Waals surface area contributed by atoms with E-state index in [-0.39, 0.29) is 6.04 Å². The Morgan fingerprint density at radius 1 is 1.12 bits per heavy atom. The summed E-state index contributed by atoms with van der Waals surface area (Å²) in [5.74, 6) is 0.681. The summed E-state index contributed by atoms with van der Waals surface area (Å²) in [7, 11) is 0. The molecule has 2 aromatic carbocycles. The van der Waals surface area contributed by atoms with Crippen LogP contribution in [0.4, 0.5) is 0 Å². The van der Waals surface area contributed by atoms with Crippen LogP contribution in [0.2, 0.25) is 0 Å². The minimum Gasteiger partial charge on any atom is -0.489 e. The molecular weight excluding hydrogens is 300 g/mol. The number of hydrogen-bond donors (Lipinski definition) is 0. The lowest BCUT2D eigenvalue weighted by molar-refractivity contribution is 0.112. The molecule has 122 valence electrons. The molecule has 0 bridgehead atoms. The van der Waals surface area contributed by atoms with Crippen LogP contribution in [0.1, 0.15) is 35.8 Å². The number of carbonyl (C=O) groups is 1. The third-order valence-electron chi connectivity index (χ3n) is 3.83. The first-order valence-corrected chi connectivity index (χ1v) is 7.99. The maximum Gasteiger partial charge on any atom is 0.150 e. The lowest BCUT2D eigenvalue weighted by Gasteiger charge is -2.14. The Morgan fingerprint density at radius 3 is 2.62 bits per heavy atom. The molecule has 0 radical (unpaired) electrons. The van der Waals surface area contributed by atoms with Crippen LogP contribution in [0.3, 0.4) is 0 Å². The minimum atomic E-state index is 0.225. The van der Waals surface area contributed by atoms with Gasteiger partial charge >= 0.3 is 0 Å². The monoisotopic (exact) mass is 320 g/mol. The van der Waals surface area contributed by atoms with E-state index in [0.29, 0.717) is 17.9 Å². The van der Waals surface area contributed by atoms with E-state index in [9.17, 15) is 4.79 Å². The summed E-state index contributed by atoms with van der Waals surface area (Å²) in [5, 5.41) is 4.34. The zero-order chi connectivity index (χ0) is 16.9. The van der Waals surface area contributed by atoms with Crippen LogP contribution in [0, 0.1) is 0 Å². The van der Waals surface area contributed by atoms with Gasteiger partial charge < -0.3 is 4.74 Å². The zero-order valence-electron chi connectivity index (χ0n) is 13.8. The number of benzene rings is 2. The van der Waals surface area contributed by atoms with Gasteiger partial charge in [-0.1, -0.05) is 30.3 Å². The Labute approximate surface area is 141 Å². The van der Waals surface area contributed by atoms with Gasteiger partial charge in [-0.05, 0) is 43.7 Å². The van der Waals surface area contributed by atoms with Gasteiger partial charge in [-0.3, -0.25) is 9.48 Å². The molecule has 1 heterocycles. The quantitative estimate of drug-likeness (QED) is 0.627. The van der Waals surface area contributed by atoms with Crippen LogP contribution >= 0.6 is 0 Å². The Morgan fingerprint density at radius 2 is 1.92 bits per heavy atom. The zero-order valence-corrected chi connectivity index (χ0v) is 13.8. The van der Waals surface area contributed by atoms with E-state index in [1.54, 1.807) is 12.3 Å². The number of hydrogen-bond acceptors (Lipinski definition) is 3. The first kappa shape index (κ1) is 16.0. The number of aromatic nitrogens is 2. The highest BCUT2D eigenvalue weighted by Gasteiger charge is 2.13. The maximum absolute atomic E-state index is 11.5. The minimum absolute atomic E-state index is 0.225. The van der Waals surface area contributed by atoms with Gasteiger partial charge in [0, 0.05) is 23.4 Å². The lowest BCUT2D eigenvalue weighted by Crippen LogP contribution is -2.05. The molecule has 0 amide bonds. The highest BCUT2D eigenvalue weighted by atomic mass is 16.5. The highest BCUT2D eigenvalue weighted by Crippen LogP contribution is 2.28. The summed E-state index contributed by atoms with van der Waals surface area (Å²) < 4.78 is 7.71. The van der Waals surface area contributed by atoms with Crippen LogP contribution < -0.4 is 4.74 Å². The fourth-order valence-electron chi connectivity index (χ4n) is 2.64. The molecule has 3 aromatic rings. The fraction of sp³-hybridized carbons (Fsp3) is 0.200. The van der Waals surface area contributed by atoms with Gasteiger partial charge in [0.25, 0.3) is 0 Å². The van der Waals surface area contributed by atoms with E-state index in [1.807, 2.05) is 53.2 Å². The molecule has 0 fully saturated rings. The molecule has 0 unspecified atom stereocenters. The van der Waals surface area contributed by atoms with Crippen LogP contribution in [-0.4, -0.2) is 16.1 Å². The Hall–Kier alpha value is -2.88. The molecule has 0 saturated carbocycles. The second kappa shape index (κ2) is 7.13. The number of aldehydes is 1. The Balaban J connectivity index is 1.85. The van der Waals surface area contributed by atoms with Crippen molar-refractivity contribution in [1.29, 1.82) is 0 Å². The van der Waals surface area contributed by atoms with Crippen molar-refractivity contribution in [2.75, 3.05) is 0 Å². The van der Waals surface area contributed by atoms with Crippen molar-refractivity contribution >= 4 is 6.29 Å². The second-order valence-electron chi connectivity index (χ2n) is 5.90.